The summed E-state index contributed by atoms with van der Waals surface area (Å²) in [6.45, 7) is 5.68. The normalized spacial score (nSPS) is 14.0. The van der Waals surface area contributed by atoms with Gasteiger partial charge in [-0.1, -0.05) is 94.5 Å². The van der Waals surface area contributed by atoms with Gasteiger partial charge in [-0.3, -0.25) is 10.0 Å². The van der Waals surface area contributed by atoms with Crippen molar-refractivity contribution in [3.63, 3.8) is 0 Å². The standard InChI is InChI=1S/C30H41F3N2O2/c1-3-5-12-20-34(21-13-6-4-2)22-14-11-19-29(28(36)35(37)23-30(31,32)33)26-17-9-7-15-24(26)25-16-8-10-18-27(25)29/h7-10,15-18,37H,3-6,11-14,19-23H2,1-2H3. The van der Waals surface area contributed by atoms with Gasteiger partial charge in [0.25, 0.3) is 5.91 Å². The van der Waals surface area contributed by atoms with Crippen LogP contribution in [0.5, 0.6) is 0 Å². The molecule has 0 heterocycles. The number of nitrogens with zero attached hydrogens (tertiary/aromatic N) is 2. The summed E-state index contributed by atoms with van der Waals surface area (Å²) < 4.78 is 39.5. The SMILES string of the molecule is CCCCCN(CCCCC)CCCCC1(C(=O)N(O)CC(F)(F)F)c2ccccc2-c2ccccc21. The number of carbonyl (C=O) groups is 1. The predicted molar refractivity (Wildman–Crippen MR) is 142 cm³/mol. The molecule has 3 rings (SSSR count). The van der Waals surface area contributed by atoms with Gasteiger partial charge in [0, 0.05) is 0 Å². The predicted octanol–water partition coefficient (Wildman–Crippen LogP) is 7.59. The van der Waals surface area contributed by atoms with Crippen molar-refractivity contribution in [1.82, 2.24) is 9.96 Å². The number of rotatable bonds is 15. The molecule has 0 atom stereocenters. The average Bonchev–Trinajstić information content (AvgIpc) is 3.16. The van der Waals surface area contributed by atoms with Crippen LogP contribution in [-0.4, -0.2) is 53.4 Å². The first kappa shape index (κ1) is 29.2. The first-order valence-corrected chi connectivity index (χ1v) is 13.7. The maximum atomic E-state index is 13.7. The van der Waals surface area contributed by atoms with E-state index in [0.717, 1.165) is 50.0 Å². The van der Waals surface area contributed by atoms with Crippen molar-refractivity contribution in [1.29, 1.82) is 0 Å². The van der Waals surface area contributed by atoms with E-state index in [4.69, 9.17) is 0 Å². The Balaban J connectivity index is 1.84. The minimum atomic E-state index is -4.69. The number of amides is 1. The van der Waals surface area contributed by atoms with Crippen LogP contribution < -0.4 is 0 Å². The molecule has 1 amide bonds. The van der Waals surface area contributed by atoms with Gasteiger partial charge in [0.15, 0.2) is 0 Å². The molecule has 0 saturated heterocycles. The third-order valence-electron chi connectivity index (χ3n) is 7.42. The van der Waals surface area contributed by atoms with Crippen LogP contribution in [0.1, 0.15) is 82.8 Å². The second kappa shape index (κ2) is 13.4. The number of unbranched alkanes of at least 4 members (excludes halogenated alkanes) is 5. The molecule has 2 aromatic carbocycles. The van der Waals surface area contributed by atoms with E-state index < -0.39 is 24.0 Å². The highest BCUT2D eigenvalue weighted by atomic mass is 19.4. The molecule has 0 aromatic heterocycles. The molecular formula is C30H41F3N2O2. The van der Waals surface area contributed by atoms with Gasteiger partial charge < -0.3 is 4.90 Å². The number of alkyl halides is 3. The molecule has 4 nitrogen and oxygen atoms in total. The third-order valence-corrected chi connectivity index (χ3v) is 7.42. The monoisotopic (exact) mass is 518 g/mol. The molecule has 1 aliphatic carbocycles. The first-order valence-electron chi connectivity index (χ1n) is 13.7. The quantitative estimate of drug-likeness (QED) is 0.150. The molecule has 0 aliphatic heterocycles. The third kappa shape index (κ3) is 7.14. The summed E-state index contributed by atoms with van der Waals surface area (Å²) in [6.07, 6.45) is 4.18. The average molecular weight is 519 g/mol. The summed E-state index contributed by atoms with van der Waals surface area (Å²) >= 11 is 0. The highest BCUT2D eigenvalue weighted by molar-refractivity contribution is 6.00. The van der Waals surface area contributed by atoms with Crippen LogP contribution in [0.2, 0.25) is 0 Å². The van der Waals surface area contributed by atoms with E-state index in [1.165, 1.54) is 25.7 Å². The molecule has 1 N–H and O–H groups in total. The summed E-state index contributed by atoms with van der Waals surface area (Å²) in [5.41, 5.74) is 1.68. The minimum Gasteiger partial charge on any atom is -0.303 e. The number of halogens is 3. The molecule has 0 radical (unpaired) electrons. The van der Waals surface area contributed by atoms with Crippen molar-refractivity contribution >= 4 is 5.91 Å². The van der Waals surface area contributed by atoms with Crippen molar-refractivity contribution in [2.24, 2.45) is 0 Å². The fraction of sp³-hybridized carbons (Fsp3) is 0.567. The lowest BCUT2D eigenvalue weighted by Gasteiger charge is -2.34. The van der Waals surface area contributed by atoms with E-state index >= 15 is 0 Å². The smallest absolute Gasteiger partial charge is 0.303 e. The maximum absolute atomic E-state index is 13.7. The Labute approximate surface area is 219 Å². The number of carbonyl (C=O) groups excluding carboxylic acids is 1. The number of hydrogen-bond donors (Lipinski definition) is 1. The molecule has 0 spiro atoms. The zero-order valence-corrected chi connectivity index (χ0v) is 22.2. The number of hydrogen-bond acceptors (Lipinski definition) is 3. The Hall–Kier alpha value is -2.38. The van der Waals surface area contributed by atoms with Crippen LogP contribution >= 0.6 is 0 Å². The van der Waals surface area contributed by atoms with Crippen LogP contribution in [0.15, 0.2) is 48.5 Å². The Morgan fingerprint density at radius 2 is 1.24 bits per heavy atom. The van der Waals surface area contributed by atoms with E-state index in [2.05, 4.69) is 18.7 Å². The van der Waals surface area contributed by atoms with Gasteiger partial charge in [0.1, 0.15) is 12.0 Å². The summed E-state index contributed by atoms with van der Waals surface area (Å²) in [5, 5.41) is 10.2. The minimum absolute atomic E-state index is 0.124. The van der Waals surface area contributed by atoms with Gasteiger partial charge in [-0.2, -0.15) is 13.2 Å². The van der Waals surface area contributed by atoms with E-state index in [-0.39, 0.29) is 5.06 Å². The Bertz CT molecular complexity index is 953. The Morgan fingerprint density at radius 1 is 0.784 bits per heavy atom. The molecule has 204 valence electrons. The van der Waals surface area contributed by atoms with E-state index in [0.29, 0.717) is 24.0 Å². The lowest BCUT2D eigenvalue weighted by Crippen LogP contribution is -2.48. The molecule has 7 heteroatoms. The molecular weight excluding hydrogens is 477 g/mol. The zero-order chi connectivity index (χ0) is 26.9. The number of benzene rings is 2. The Morgan fingerprint density at radius 3 is 1.70 bits per heavy atom. The summed E-state index contributed by atoms with van der Waals surface area (Å²) in [4.78, 5) is 16.2. The van der Waals surface area contributed by atoms with Crippen LogP contribution in [0.25, 0.3) is 11.1 Å². The van der Waals surface area contributed by atoms with E-state index in [9.17, 15) is 23.2 Å². The second-order valence-corrected chi connectivity index (χ2v) is 10.2. The van der Waals surface area contributed by atoms with Crippen molar-refractivity contribution in [2.75, 3.05) is 26.2 Å². The first-order chi connectivity index (χ1) is 17.7. The molecule has 0 unspecified atom stereocenters. The second-order valence-electron chi connectivity index (χ2n) is 10.2. The topological polar surface area (TPSA) is 43.8 Å². The highest BCUT2D eigenvalue weighted by Gasteiger charge is 2.51. The summed E-state index contributed by atoms with van der Waals surface area (Å²) in [5.74, 6) is -0.912. The van der Waals surface area contributed by atoms with Gasteiger partial charge in [0.2, 0.25) is 0 Å². The molecule has 2 aromatic rings. The molecule has 1 aliphatic rings. The zero-order valence-electron chi connectivity index (χ0n) is 22.2. The van der Waals surface area contributed by atoms with Crippen LogP contribution in [0.4, 0.5) is 13.2 Å². The highest BCUT2D eigenvalue weighted by Crippen LogP contribution is 2.52. The van der Waals surface area contributed by atoms with Crippen molar-refractivity contribution in [3.8, 4) is 11.1 Å². The van der Waals surface area contributed by atoms with Crippen molar-refractivity contribution in [3.05, 3.63) is 59.7 Å². The van der Waals surface area contributed by atoms with Crippen LogP contribution in [0.3, 0.4) is 0 Å². The van der Waals surface area contributed by atoms with E-state index in [1.54, 1.807) is 12.1 Å². The van der Waals surface area contributed by atoms with Crippen LogP contribution in [-0.2, 0) is 10.2 Å². The maximum Gasteiger partial charge on any atom is 0.408 e. The van der Waals surface area contributed by atoms with Gasteiger partial charge in [-0.15, -0.1) is 0 Å². The van der Waals surface area contributed by atoms with Crippen molar-refractivity contribution in [2.45, 2.75) is 83.2 Å². The fourth-order valence-electron chi connectivity index (χ4n) is 5.63. The van der Waals surface area contributed by atoms with Crippen molar-refractivity contribution < 1.29 is 23.2 Å². The number of hydroxylamine groups is 2. The summed E-state index contributed by atoms with van der Waals surface area (Å²) in [6, 6.07) is 14.8. The van der Waals surface area contributed by atoms with Crippen LogP contribution in [0, 0.1) is 0 Å². The molecule has 0 saturated carbocycles. The Kier molecular flexibility index (Phi) is 10.6. The molecule has 0 fully saturated rings. The summed E-state index contributed by atoms with van der Waals surface area (Å²) in [7, 11) is 0. The van der Waals surface area contributed by atoms with Gasteiger partial charge in [-0.05, 0) is 67.6 Å². The largest absolute Gasteiger partial charge is 0.408 e. The van der Waals surface area contributed by atoms with Gasteiger partial charge in [-0.25, -0.2) is 5.06 Å². The lowest BCUT2D eigenvalue weighted by molar-refractivity contribution is -0.215. The van der Waals surface area contributed by atoms with E-state index in [1.807, 2.05) is 36.4 Å². The lowest BCUT2D eigenvalue weighted by atomic mass is 9.73. The van der Waals surface area contributed by atoms with Gasteiger partial charge >= 0.3 is 6.18 Å². The van der Waals surface area contributed by atoms with Gasteiger partial charge in [0.05, 0.1) is 0 Å². The number of fused-ring (bicyclic) bond motifs is 3. The molecule has 0 bridgehead atoms. The fourth-order valence-corrected chi connectivity index (χ4v) is 5.63. The molecule has 37 heavy (non-hydrogen) atoms.